The highest BCUT2D eigenvalue weighted by Crippen LogP contribution is 2.22. The van der Waals surface area contributed by atoms with E-state index in [2.05, 4.69) is 9.97 Å². The highest BCUT2D eigenvalue weighted by Gasteiger charge is 2.25. The van der Waals surface area contributed by atoms with Crippen molar-refractivity contribution < 1.29 is 14.7 Å². The molecule has 116 valence electrons. The first kappa shape index (κ1) is 14.5. The Hall–Kier alpha value is -2.44. The van der Waals surface area contributed by atoms with E-state index >= 15 is 0 Å². The molecular formula is C15H18N4O3. The van der Waals surface area contributed by atoms with Gasteiger partial charge < -0.3 is 14.4 Å². The molecule has 1 aliphatic rings. The highest BCUT2D eigenvalue weighted by atomic mass is 16.4. The second-order valence-corrected chi connectivity index (χ2v) is 5.62. The quantitative estimate of drug-likeness (QED) is 0.927. The van der Waals surface area contributed by atoms with Gasteiger partial charge in [-0.25, -0.2) is 9.97 Å². The predicted molar refractivity (Wildman–Crippen MR) is 78.5 cm³/mol. The number of likely N-dealkylation sites (tertiary alicyclic amines) is 1. The molecule has 0 saturated carbocycles. The van der Waals surface area contributed by atoms with Crippen molar-refractivity contribution in [3.8, 4) is 0 Å². The van der Waals surface area contributed by atoms with Crippen LogP contribution in [0.3, 0.4) is 0 Å². The summed E-state index contributed by atoms with van der Waals surface area (Å²) in [6.07, 6.45) is 9.32. The molecule has 2 aromatic rings. The van der Waals surface area contributed by atoms with Crippen LogP contribution in [0.25, 0.3) is 5.65 Å². The number of carboxylic acids is 1. The molecule has 0 aromatic carbocycles. The number of carbonyl (C=O) groups is 2. The fourth-order valence-electron chi connectivity index (χ4n) is 2.97. The molecule has 0 bridgehead atoms. The van der Waals surface area contributed by atoms with Crippen molar-refractivity contribution in [2.45, 2.75) is 25.7 Å². The summed E-state index contributed by atoms with van der Waals surface area (Å²) >= 11 is 0. The molecule has 2 aromatic heterocycles. The number of amides is 1. The summed E-state index contributed by atoms with van der Waals surface area (Å²) in [5.41, 5.74) is 0.906. The average Bonchev–Trinajstić information content (AvgIpc) is 2.86. The van der Waals surface area contributed by atoms with Gasteiger partial charge in [0.2, 0.25) is 0 Å². The molecular weight excluding hydrogens is 284 g/mol. The summed E-state index contributed by atoms with van der Waals surface area (Å²) in [4.78, 5) is 33.7. The lowest BCUT2D eigenvalue weighted by Gasteiger charge is -2.20. The number of carbonyl (C=O) groups excluding carboxylic acids is 1. The van der Waals surface area contributed by atoms with Gasteiger partial charge in [0.25, 0.3) is 5.91 Å². The van der Waals surface area contributed by atoms with E-state index in [4.69, 9.17) is 5.11 Å². The van der Waals surface area contributed by atoms with Crippen LogP contribution in [-0.2, 0) is 4.79 Å². The zero-order valence-corrected chi connectivity index (χ0v) is 12.2. The largest absolute Gasteiger partial charge is 0.481 e. The third-order valence-electron chi connectivity index (χ3n) is 4.11. The van der Waals surface area contributed by atoms with Crippen LogP contribution < -0.4 is 0 Å². The van der Waals surface area contributed by atoms with Gasteiger partial charge in [0, 0.05) is 44.3 Å². The Balaban J connectivity index is 1.75. The number of imidazole rings is 1. The Morgan fingerprint density at radius 2 is 1.95 bits per heavy atom. The Labute approximate surface area is 127 Å². The number of aliphatic carboxylic acids is 1. The van der Waals surface area contributed by atoms with Crippen molar-refractivity contribution in [1.82, 2.24) is 19.3 Å². The summed E-state index contributed by atoms with van der Waals surface area (Å²) in [7, 11) is 0. The minimum absolute atomic E-state index is 0.132. The van der Waals surface area contributed by atoms with Gasteiger partial charge in [-0.2, -0.15) is 0 Å². The molecule has 3 heterocycles. The van der Waals surface area contributed by atoms with E-state index in [1.165, 1.54) is 0 Å². The van der Waals surface area contributed by atoms with Crippen molar-refractivity contribution in [2.75, 3.05) is 13.1 Å². The Morgan fingerprint density at radius 1 is 1.18 bits per heavy atom. The van der Waals surface area contributed by atoms with Crippen molar-refractivity contribution in [3.05, 3.63) is 30.5 Å². The number of rotatable bonds is 3. The van der Waals surface area contributed by atoms with Gasteiger partial charge in [0.15, 0.2) is 11.3 Å². The lowest BCUT2D eigenvalue weighted by atomic mass is 9.97. The molecule has 7 heteroatoms. The molecule has 0 radical (unpaired) electrons. The normalized spacial score (nSPS) is 19.1. The van der Waals surface area contributed by atoms with Crippen LogP contribution in [0.4, 0.5) is 0 Å². The Bertz CT molecular complexity index is 697. The lowest BCUT2D eigenvalue weighted by molar-refractivity contribution is -0.138. The number of aromatic nitrogens is 3. The molecule has 0 aliphatic carbocycles. The van der Waals surface area contributed by atoms with E-state index in [0.29, 0.717) is 24.4 Å². The second kappa shape index (κ2) is 6.13. The van der Waals surface area contributed by atoms with E-state index in [9.17, 15) is 9.59 Å². The van der Waals surface area contributed by atoms with Crippen LogP contribution in [0.5, 0.6) is 0 Å². The second-order valence-electron chi connectivity index (χ2n) is 5.62. The van der Waals surface area contributed by atoms with E-state index in [1.807, 2.05) is 0 Å². The van der Waals surface area contributed by atoms with Gasteiger partial charge in [0.05, 0.1) is 0 Å². The fourth-order valence-corrected chi connectivity index (χ4v) is 2.97. The van der Waals surface area contributed by atoms with Crippen LogP contribution in [0, 0.1) is 5.92 Å². The Morgan fingerprint density at radius 3 is 2.73 bits per heavy atom. The zero-order chi connectivity index (χ0) is 15.5. The molecule has 1 aliphatic heterocycles. The maximum absolute atomic E-state index is 12.7. The van der Waals surface area contributed by atoms with Crippen LogP contribution in [0.1, 0.15) is 36.2 Å². The minimum Gasteiger partial charge on any atom is -0.481 e. The number of fused-ring (bicyclic) bond motifs is 1. The summed E-state index contributed by atoms with van der Waals surface area (Å²) in [5.74, 6) is -0.758. The van der Waals surface area contributed by atoms with E-state index < -0.39 is 5.97 Å². The fraction of sp³-hybridized carbons (Fsp3) is 0.467. The maximum Gasteiger partial charge on any atom is 0.303 e. The molecule has 3 rings (SSSR count). The molecule has 1 saturated heterocycles. The summed E-state index contributed by atoms with van der Waals surface area (Å²) in [6, 6.07) is 0. The first-order chi connectivity index (χ1) is 10.6. The minimum atomic E-state index is -0.770. The van der Waals surface area contributed by atoms with Crippen LogP contribution >= 0.6 is 0 Å². The van der Waals surface area contributed by atoms with Gasteiger partial charge in [0.1, 0.15) is 0 Å². The Kier molecular flexibility index (Phi) is 4.04. The molecule has 0 spiro atoms. The molecule has 7 nitrogen and oxygen atoms in total. The average molecular weight is 302 g/mol. The van der Waals surface area contributed by atoms with E-state index in [1.54, 1.807) is 34.1 Å². The van der Waals surface area contributed by atoms with Crippen LogP contribution in [-0.4, -0.2) is 49.3 Å². The third kappa shape index (κ3) is 2.93. The lowest BCUT2D eigenvalue weighted by Crippen LogP contribution is -2.33. The van der Waals surface area contributed by atoms with Gasteiger partial charge in [-0.3, -0.25) is 9.59 Å². The zero-order valence-electron chi connectivity index (χ0n) is 12.2. The van der Waals surface area contributed by atoms with E-state index in [0.717, 1.165) is 19.3 Å². The van der Waals surface area contributed by atoms with Crippen molar-refractivity contribution >= 4 is 17.5 Å². The number of hydrogen-bond acceptors (Lipinski definition) is 4. The first-order valence-electron chi connectivity index (χ1n) is 7.44. The highest BCUT2D eigenvalue weighted by molar-refractivity contribution is 5.97. The van der Waals surface area contributed by atoms with Crippen molar-refractivity contribution in [1.29, 1.82) is 0 Å². The van der Waals surface area contributed by atoms with Gasteiger partial charge >= 0.3 is 5.97 Å². The molecule has 22 heavy (non-hydrogen) atoms. The number of carboxylic acid groups (broad SMARTS) is 1. The molecule has 1 atom stereocenters. The number of nitrogens with zero attached hydrogens (tertiary/aromatic N) is 4. The van der Waals surface area contributed by atoms with Crippen molar-refractivity contribution in [2.24, 2.45) is 5.92 Å². The van der Waals surface area contributed by atoms with Crippen molar-refractivity contribution in [3.63, 3.8) is 0 Å². The molecule has 0 unspecified atom stereocenters. The van der Waals surface area contributed by atoms with Gasteiger partial charge in [-0.1, -0.05) is 0 Å². The summed E-state index contributed by atoms with van der Waals surface area (Å²) < 4.78 is 1.77. The van der Waals surface area contributed by atoms with Crippen LogP contribution in [0.2, 0.25) is 0 Å². The first-order valence-corrected chi connectivity index (χ1v) is 7.44. The summed E-state index contributed by atoms with van der Waals surface area (Å²) in [6.45, 7) is 1.21. The molecule has 1 fully saturated rings. The van der Waals surface area contributed by atoms with E-state index in [-0.39, 0.29) is 18.2 Å². The maximum atomic E-state index is 12.7. The predicted octanol–water partition coefficient (Wildman–Crippen LogP) is 1.45. The summed E-state index contributed by atoms with van der Waals surface area (Å²) in [5, 5.41) is 8.90. The smallest absolute Gasteiger partial charge is 0.303 e. The number of hydrogen-bond donors (Lipinski definition) is 1. The molecule has 1 amide bonds. The monoisotopic (exact) mass is 302 g/mol. The standard InChI is InChI=1S/C15H18N4O3/c20-12(21)10-11-2-1-6-19(7-3-11)15(22)13-14-17-5-9-18(14)8-4-16-13/h4-5,8-9,11H,1-3,6-7,10H2,(H,20,21)/t11-/m1/s1. The van der Waals surface area contributed by atoms with Gasteiger partial charge in [-0.15, -0.1) is 0 Å². The SMILES string of the molecule is O=C(O)C[C@@H]1CCCN(C(=O)c2nccn3ccnc23)CC1. The topological polar surface area (TPSA) is 87.8 Å². The molecule has 1 N–H and O–H groups in total. The third-order valence-corrected chi connectivity index (χ3v) is 4.11. The van der Waals surface area contributed by atoms with Crippen LogP contribution in [0.15, 0.2) is 24.8 Å². The van der Waals surface area contributed by atoms with Gasteiger partial charge in [-0.05, 0) is 25.2 Å².